The van der Waals surface area contributed by atoms with Crippen LogP contribution in [-0.2, 0) is 27.5 Å². The molecule has 2 N–H and O–H groups in total. The van der Waals surface area contributed by atoms with E-state index in [1.54, 1.807) is 0 Å². The molecule has 0 aromatic heterocycles. The number of imide groups is 1. The summed E-state index contributed by atoms with van der Waals surface area (Å²) >= 11 is 0. The quantitative estimate of drug-likeness (QED) is 0.402. The Balaban J connectivity index is 1.72. The molecule has 2 aromatic rings. The van der Waals surface area contributed by atoms with E-state index in [-0.39, 0.29) is 13.0 Å². The molecule has 3 rings (SSSR count). The predicted molar refractivity (Wildman–Crippen MR) is 98.1 cm³/mol. The molecule has 0 saturated carbocycles. The lowest BCUT2D eigenvalue weighted by Gasteiger charge is -2.29. The van der Waals surface area contributed by atoms with Gasteiger partial charge in [-0.25, -0.2) is 9.86 Å². The summed E-state index contributed by atoms with van der Waals surface area (Å²) in [5.41, 5.74) is 1.93. The first-order chi connectivity index (χ1) is 13.2. The normalized spacial score (nSPS) is 17.1. The number of hydrogen-bond donors (Lipinski definition) is 2. The molecule has 4 amide bonds. The highest BCUT2D eigenvalue weighted by atomic mass is 16.7. The van der Waals surface area contributed by atoms with Crippen molar-refractivity contribution in [3.63, 3.8) is 0 Å². The third kappa shape index (κ3) is 5.15. The first kappa shape index (κ1) is 18.6. The standard InChI is InChI=1S/C20H21N3O4/c24-14-23(27-13-16-9-5-2-6-10-16)17(11-15-7-3-1-4-8-15)12-18-19(25)22-20(26)21-18/h1-10,14,17-18H,11-13H2,(H2,21,22,25,26)/t17-,18?/m1/s1. The van der Waals surface area contributed by atoms with Crippen LogP contribution in [0.15, 0.2) is 60.7 Å². The van der Waals surface area contributed by atoms with Crippen LogP contribution in [-0.4, -0.2) is 35.5 Å². The molecule has 1 unspecified atom stereocenters. The van der Waals surface area contributed by atoms with E-state index in [0.717, 1.165) is 11.1 Å². The van der Waals surface area contributed by atoms with Crippen molar-refractivity contribution in [3.8, 4) is 0 Å². The van der Waals surface area contributed by atoms with Crippen molar-refractivity contribution >= 4 is 18.3 Å². The van der Waals surface area contributed by atoms with Crippen LogP contribution in [0.2, 0.25) is 0 Å². The van der Waals surface area contributed by atoms with Gasteiger partial charge in [-0.3, -0.25) is 19.7 Å². The Kier molecular flexibility index (Phi) is 6.17. The van der Waals surface area contributed by atoms with Gasteiger partial charge in [-0.05, 0) is 24.0 Å². The maximum absolute atomic E-state index is 11.9. The number of carbonyl (C=O) groups is 3. The number of carbonyl (C=O) groups excluding carboxylic acids is 3. The Morgan fingerprint density at radius 1 is 1.00 bits per heavy atom. The maximum atomic E-state index is 11.9. The first-order valence-corrected chi connectivity index (χ1v) is 8.71. The Hall–Kier alpha value is -3.19. The van der Waals surface area contributed by atoms with E-state index >= 15 is 0 Å². The molecule has 27 heavy (non-hydrogen) atoms. The summed E-state index contributed by atoms with van der Waals surface area (Å²) in [7, 11) is 0. The molecular weight excluding hydrogens is 346 g/mol. The van der Waals surface area contributed by atoms with Gasteiger partial charge in [0, 0.05) is 0 Å². The van der Waals surface area contributed by atoms with E-state index in [2.05, 4.69) is 10.6 Å². The minimum atomic E-state index is -0.700. The van der Waals surface area contributed by atoms with Gasteiger partial charge < -0.3 is 5.32 Å². The third-order valence-electron chi connectivity index (χ3n) is 4.37. The molecule has 2 atom stereocenters. The fraction of sp³-hybridized carbons (Fsp3) is 0.250. The Morgan fingerprint density at radius 2 is 1.63 bits per heavy atom. The number of rotatable bonds is 9. The largest absolute Gasteiger partial charge is 0.326 e. The fourth-order valence-electron chi connectivity index (χ4n) is 3.01. The van der Waals surface area contributed by atoms with Gasteiger partial charge in [-0.15, -0.1) is 0 Å². The van der Waals surface area contributed by atoms with E-state index in [9.17, 15) is 14.4 Å². The molecule has 1 fully saturated rings. The van der Waals surface area contributed by atoms with E-state index in [1.807, 2.05) is 60.7 Å². The van der Waals surface area contributed by atoms with Crippen LogP contribution in [0.5, 0.6) is 0 Å². The highest BCUT2D eigenvalue weighted by molar-refractivity contribution is 6.04. The zero-order valence-corrected chi connectivity index (χ0v) is 14.7. The van der Waals surface area contributed by atoms with Gasteiger partial charge in [0.2, 0.25) is 6.41 Å². The van der Waals surface area contributed by atoms with Crippen molar-refractivity contribution in [1.29, 1.82) is 0 Å². The average molecular weight is 367 g/mol. The molecule has 1 heterocycles. The Labute approximate surface area is 157 Å². The van der Waals surface area contributed by atoms with E-state index in [0.29, 0.717) is 12.8 Å². The molecule has 0 bridgehead atoms. The molecular formula is C20H21N3O4. The number of hydroxylamine groups is 2. The lowest BCUT2D eigenvalue weighted by Crippen LogP contribution is -2.42. The van der Waals surface area contributed by atoms with Crippen molar-refractivity contribution < 1.29 is 19.2 Å². The summed E-state index contributed by atoms with van der Waals surface area (Å²) < 4.78 is 0. The van der Waals surface area contributed by atoms with Gasteiger partial charge in [0.1, 0.15) is 12.6 Å². The zero-order valence-electron chi connectivity index (χ0n) is 14.7. The number of benzene rings is 2. The van der Waals surface area contributed by atoms with Crippen LogP contribution >= 0.6 is 0 Å². The van der Waals surface area contributed by atoms with E-state index in [1.165, 1.54) is 5.06 Å². The second-order valence-electron chi connectivity index (χ2n) is 6.32. The summed E-state index contributed by atoms with van der Waals surface area (Å²) in [6, 6.07) is 17.5. The third-order valence-corrected chi connectivity index (χ3v) is 4.37. The van der Waals surface area contributed by atoms with Gasteiger partial charge in [0.25, 0.3) is 5.91 Å². The summed E-state index contributed by atoms with van der Waals surface area (Å²) in [6.07, 6.45) is 1.36. The molecule has 0 radical (unpaired) electrons. The summed E-state index contributed by atoms with van der Waals surface area (Å²) in [5, 5.41) is 6.02. The fourth-order valence-corrected chi connectivity index (χ4v) is 3.01. The molecule has 7 nitrogen and oxygen atoms in total. The summed E-state index contributed by atoms with van der Waals surface area (Å²) in [5.74, 6) is -0.396. The molecule has 0 aliphatic carbocycles. The van der Waals surface area contributed by atoms with Crippen LogP contribution in [0.4, 0.5) is 4.79 Å². The molecule has 1 saturated heterocycles. The minimum absolute atomic E-state index is 0.230. The second-order valence-corrected chi connectivity index (χ2v) is 6.32. The van der Waals surface area contributed by atoms with Crippen LogP contribution < -0.4 is 10.6 Å². The number of urea groups is 1. The van der Waals surface area contributed by atoms with Crippen LogP contribution in [0.1, 0.15) is 17.5 Å². The summed E-state index contributed by atoms with van der Waals surface area (Å²) in [4.78, 5) is 40.7. The highest BCUT2D eigenvalue weighted by Gasteiger charge is 2.33. The Morgan fingerprint density at radius 3 is 2.19 bits per heavy atom. The van der Waals surface area contributed by atoms with Crippen molar-refractivity contribution in [2.24, 2.45) is 0 Å². The van der Waals surface area contributed by atoms with Gasteiger partial charge >= 0.3 is 6.03 Å². The molecule has 7 heteroatoms. The highest BCUT2D eigenvalue weighted by Crippen LogP contribution is 2.16. The zero-order chi connectivity index (χ0) is 19.1. The minimum Gasteiger partial charge on any atom is -0.326 e. The smallest absolute Gasteiger partial charge is 0.322 e. The topological polar surface area (TPSA) is 87.7 Å². The average Bonchev–Trinajstić information content (AvgIpc) is 3.00. The van der Waals surface area contributed by atoms with Crippen molar-refractivity contribution in [1.82, 2.24) is 15.7 Å². The molecule has 140 valence electrons. The van der Waals surface area contributed by atoms with Gasteiger partial charge in [0.05, 0.1) is 6.04 Å². The van der Waals surface area contributed by atoms with Crippen molar-refractivity contribution in [2.45, 2.75) is 31.5 Å². The SMILES string of the molecule is O=CN(OCc1ccccc1)[C@H](Cc1ccccc1)CC1NC(=O)NC1=O. The van der Waals surface area contributed by atoms with Gasteiger partial charge in [-0.1, -0.05) is 60.7 Å². The van der Waals surface area contributed by atoms with E-state index in [4.69, 9.17) is 4.84 Å². The second kappa shape index (κ2) is 8.95. The summed E-state index contributed by atoms with van der Waals surface area (Å²) in [6.45, 7) is 0.230. The Bertz CT molecular complexity index is 782. The first-order valence-electron chi connectivity index (χ1n) is 8.71. The number of hydrogen-bond acceptors (Lipinski definition) is 4. The number of nitrogens with one attached hydrogen (secondary N) is 2. The molecule has 1 aliphatic rings. The maximum Gasteiger partial charge on any atom is 0.322 e. The number of amides is 4. The van der Waals surface area contributed by atoms with Crippen LogP contribution in [0.25, 0.3) is 0 Å². The van der Waals surface area contributed by atoms with Crippen LogP contribution in [0.3, 0.4) is 0 Å². The lowest BCUT2D eigenvalue weighted by molar-refractivity contribution is -0.194. The van der Waals surface area contributed by atoms with Crippen molar-refractivity contribution in [2.75, 3.05) is 0 Å². The van der Waals surface area contributed by atoms with Gasteiger partial charge in [-0.2, -0.15) is 0 Å². The molecule has 0 spiro atoms. The number of nitrogens with zero attached hydrogens (tertiary/aromatic N) is 1. The monoisotopic (exact) mass is 367 g/mol. The van der Waals surface area contributed by atoms with E-state index < -0.39 is 24.0 Å². The lowest BCUT2D eigenvalue weighted by atomic mass is 9.99. The van der Waals surface area contributed by atoms with Crippen molar-refractivity contribution in [3.05, 3.63) is 71.8 Å². The van der Waals surface area contributed by atoms with Crippen LogP contribution in [0, 0.1) is 0 Å². The predicted octanol–water partition coefficient (Wildman–Crippen LogP) is 1.79. The molecule has 1 aliphatic heterocycles. The molecule has 2 aromatic carbocycles. The van der Waals surface area contributed by atoms with Gasteiger partial charge in [0.15, 0.2) is 0 Å².